The number of hydrogen-bond donors (Lipinski definition) is 1. The van der Waals surface area contributed by atoms with Gasteiger partial charge in [-0.3, -0.25) is 0 Å². The summed E-state index contributed by atoms with van der Waals surface area (Å²) in [6.45, 7) is 0. The summed E-state index contributed by atoms with van der Waals surface area (Å²) >= 11 is 6.38. The van der Waals surface area contributed by atoms with Gasteiger partial charge in [0.2, 0.25) is 0 Å². The molecule has 15 heavy (non-hydrogen) atoms. The lowest BCUT2D eigenvalue weighted by Gasteiger charge is -2.06. The van der Waals surface area contributed by atoms with Crippen molar-refractivity contribution in [3.05, 3.63) is 33.4 Å². The van der Waals surface area contributed by atoms with Crippen molar-refractivity contribution in [2.45, 2.75) is 0 Å². The molecule has 0 bridgehead atoms. The fourth-order valence-corrected chi connectivity index (χ4v) is 2.14. The predicted molar refractivity (Wildman–Crippen MR) is 61.4 cm³/mol. The lowest BCUT2D eigenvalue weighted by molar-refractivity contribution is 0.415. The van der Waals surface area contributed by atoms with Crippen molar-refractivity contribution in [3.8, 4) is 17.0 Å². The molecule has 0 aliphatic rings. The summed E-state index contributed by atoms with van der Waals surface area (Å²) in [4.78, 5) is 2.98. The van der Waals surface area contributed by atoms with E-state index < -0.39 is 0 Å². The van der Waals surface area contributed by atoms with Gasteiger partial charge in [0.25, 0.3) is 0 Å². The van der Waals surface area contributed by atoms with Gasteiger partial charge in [-0.05, 0) is 30.4 Å². The van der Waals surface area contributed by atoms with Crippen LogP contribution >= 0.6 is 23.6 Å². The Balaban J connectivity index is 2.59. The Morgan fingerprint density at radius 2 is 2.27 bits per heavy atom. The van der Waals surface area contributed by atoms with Crippen LogP contribution in [0.4, 0.5) is 4.39 Å². The molecule has 0 unspecified atom stereocenters. The van der Waals surface area contributed by atoms with Crippen molar-refractivity contribution in [3.63, 3.8) is 0 Å². The first kappa shape index (κ1) is 10.3. The van der Waals surface area contributed by atoms with Crippen molar-refractivity contribution >= 4 is 23.6 Å². The maximum absolute atomic E-state index is 13.1. The van der Waals surface area contributed by atoms with Gasteiger partial charge in [-0.2, -0.15) is 0 Å². The monoisotopic (exact) mass is 241 g/mol. The van der Waals surface area contributed by atoms with E-state index in [2.05, 4.69) is 4.98 Å². The largest absolute Gasteiger partial charge is 0.496 e. The fourth-order valence-electron chi connectivity index (χ4n) is 1.30. The van der Waals surface area contributed by atoms with Gasteiger partial charge < -0.3 is 9.72 Å². The number of hydrogen-bond acceptors (Lipinski definition) is 3. The fraction of sp³-hybridized carbons (Fsp3) is 0.100. The molecule has 1 N–H and O–H groups in total. The number of ether oxygens (including phenoxy) is 1. The van der Waals surface area contributed by atoms with Gasteiger partial charge in [-0.1, -0.05) is 0 Å². The summed E-state index contributed by atoms with van der Waals surface area (Å²) in [5, 5.41) is 1.85. The van der Waals surface area contributed by atoms with E-state index in [1.165, 1.54) is 23.5 Å². The number of thiazole rings is 1. The number of nitrogens with one attached hydrogen (secondary N) is 1. The van der Waals surface area contributed by atoms with Gasteiger partial charge in [-0.15, -0.1) is 11.3 Å². The Bertz CT molecular complexity index is 532. The zero-order chi connectivity index (χ0) is 10.8. The highest BCUT2D eigenvalue weighted by atomic mass is 32.1. The van der Waals surface area contributed by atoms with E-state index in [1.54, 1.807) is 13.2 Å². The molecule has 0 spiro atoms. The van der Waals surface area contributed by atoms with Crippen molar-refractivity contribution in [1.29, 1.82) is 0 Å². The molecular weight excluding hydrogens is 233 g/mol. The first-order chi connectivity index (χ1) is 7.20. The smallest absolute Gasteiger partial charge is 0.158 e. The molecule has 0 aliphatic heterocycles. The van der Waals surface area contributed by atoms with Crippen LogP contribution in [0, 0.1) is 9.77 Å². The van der Waals surface area contributed by atoms with Gasteiger partial charge in [0, 0.05) is 10.9 Å². The van der Waals surface area contributed by atoms with E-state index in [-0.39, 0.29) is 5.82 Å². The molecule has 0 amide bonds. The quantitative estimate of drug-likeness (QED) is 0.812. The summed E-state index contributed by atoms with van der Waals surface area (Å²) in [5.74, 6) is 0.330. The minimum Gasteiger partial charge on any atom is -0.496 e. The average Bonchev–Trinajstić information content (AvgIpc) is 2.65. The van der Waals surface area contributed by atoms with Gasteiger partial charge in [0.05, 0.1) is 12.8 Å². The minimum absolute atomic E-state index is 0.295. The van der Waals surface area contributed by atoms with Crippen molar-refractivity contribution < 1.29 is 9.13 Å². The molecule has 1 aromatic heterocycles. The van der Waals surface area contributed by atoms with Gasteiger partial charge >= 0.3 is 0 Å². The summed E-state index contributed by atoms with van der Waals surface area (Å²) in [6, 6.07) is 4.38. The number of halogens is 1. The molecule has 78 valence electrons. The SMILES string of the molecule is COc1ccc(F)cc1-c1csc(=S)[nH]1. The van der Waals surface area contributed by atoms with Crippen LogP contribution in [0.15, 0.2) is 23.6 Å². The van der Waals surface area contributed by atoms with E-state index in [0.29, 0.717) is 15.3 Å². The zero-order valence-corrected chi connectivity index (χ0v) is 9.55. The number of aromatic amines is 1. The molecule has 0 saturated carbocycles. The Morgan fingerprint density at radius 3 is 2.87 bits per heavy atom. The Morgan fingerprint density at radius 1 is 1.47 bits per heavy atom. The maximum atomic E-state index is 13.1. The highest BCUT2D eigenvalue weighted by Crippen LogP contribution is 2.30. The number of aromatic nitrogens is 1. The Kier molecular flexibility index (Phi) is 2.83. The van der Waals surface area contributed by atoms with Crippen LogP contribution in [0.1, 0.15) is 0 Å². The van der Waals surface area contributed by atoms with E-state index in [9.17, 15) is 4.39 Å². The maximum Gasteiger partial charge on any atom is 0.158 e. The highest BCUT2D eigenvalue weighted by molar-refractivity contribution is 7.73. The summed E-state index contributed by atoms with van der Waals surface area (Å²) in [5.41, 5.74) is 1.46. The molecule has 0 atom stereocenters. The number of methoxy groups -OCH3 is 1. The highest BCUT2D eigenvalue weighted by Gasteiger charge is 2.08. The minimum atomic E-state index is -0.295. The topological polar surface area (TPSA) is 25.0 Å². The van der Waals surface area contributed by atoms with E-state index >= 15 is 0 Å². The number of rotatable bonds is 2. The predicted octanol–water partition coefficient (Wildman–Crippen LogP) is 3.62. The molecule has 0 fully saturated rings. The number of H-pyrrole nitrogens is 1. The second-order valence-corrected chi connectivity index (χ2v) is 4.45. The van der Waals surface area contributed by atoms with Crippen LogP contribution in [0.2, 0.25) is 0 Å². The van der Waals surface area contributed by atoms with Gasteiger partial charge in [0.1, 0.15) is 11.6 Å². The molecule has 1 heterocycles. The van der Waals surface area contributed by atoms with Crippen molar-refractivity contribution in [1.82, 2.24) is 4.98 Å². The zero-order valence-electron chi connectivity index (χ0n) is 7.91. The third-order valence-electron chi connectivity index (χ3n) is 1.97. The Hall–Kier alpha value is -1.20. The Labute approximate surface area is 95.4 Å². The summed E-state index contributed by atoms with van der Waals surface area (Å²) < 4.78 is 18.9. The van der Waals surface area contributed by atoms with E-state index in [0.717, 1.165) is 5.69 Å². The van der Waals surface area contributed by atoms with Crippen LogP contribution in [0.25, 0.3) is 11.3 Å². The molecule has 5 heteroatoms. The first-order valence-corrected chi connectivity index (χ1v) is 5.51. The average molecular weight is 241 g/mol. The van der Waals surface area contributed by atoms with Gasteiger partial charge in [0.15, 0.2) is 3.95 Å². The molecule has 0 aliphatic carbocycles. The van der Waals surface area contributed by atoms with E-state index in [1.807, 2.05) is 5.38 Å². The summed E-state index contributed by atoms with van der Waals surface area (Å²) in [6.07, 6.45) is 0. The second kappa shape index (κ2) is 4.12. The van der Waals surface area contributed by atoms with Gasteiger partial charge in [-0.25, -0.2) is 4.39 Å². The van der Waals surface area contributed by atoms with Crippen LogP contribution < -0.4 is 4.74 Å². The van der Waals surface area contributed by atoms with Crippen LogP contribution in [0.5, 0.6) is 5.75 Å². The molecule has 0 saturated heterocycles. The normalized spacial score (nSPS) is 10.3. The number of benzene rings is 1. The third kappa shape index (κ3) is 2.08. The standard InChI is InChI=1S/C10H8FNOS2/c1-13-9-3-2-6(11)4-7(9)8-5-15-10(14)12-8/h2-5H,1H3,(H,12,14). The molecule has 2 rings (SSSR count). The van der Waals surface area contributed by atoms with E-state index in [4.69, 9.17) is 17.0 Å². The molecular formula is C10H8FNOS2. The third-order valence-corrected chi connectivity index (χ3v) is 3.03. The molecule has 2 nitrogen and oxygen atoms in total. The molecule has 2 aromatic rings. The lowest BCUT2D eigenvalue weighted by atomic mass is 10.1. The van der Waals surface area contributed by atoms with Crippen molar-refractivity contribution in [2.24, 2.45) is 0 Å². The summed E-state index contributed by atoms with van der Waals surface area (Å²) in [7, 11) is 1.55. The second-order valence-electron chi connectivity index (χ2n) is 2.91. The molecule has 0 radical (unpaired) electrons. The van der Waals surface area contributed by atoms with Crippen LogP contribution in [0.3, 0.4) is 0 Å². The van der Waals surface area contributed by atoms with Crippen LogP contribution in [-0.2, 0) is 0 Å². The molecule has 1 aromatic carbocycles. The lowest BCUT2D eigenvalue weighted by Crippen LogP contribution is -1.89. The first-order valence-electron chi connectivity index (χ1n) is 4.22. The van der Waals surface area contributed by atoms with Crippen molar-refractivity contribution in [2.75, 3.05) is 7.11 Å². The van der Waals surface area contributed by atoms with Crippen LogP contribution in [-0.4, -0.2) is 12.1 Å².